The molecule has 1 rings (SSSR count). The highest BCUT2D eigenvalue weighted by Gasteiger charge is 2.20. The van der Waals surface area contributed by atoms with E-state index < -0.39 is 0 Å². The molecule has 0 amide bonds. The molecule has 0 nitrogen and oxygen atoms in total. The van der Waals surface area contributed by atoms with Gasteiger partial charge >= 0.3 is 0 Å². The molecule has 0 saturated carbocycles. The lowest BCUT2D eigenvalue weighted by molar-refractivity contribution is 0.577. The average Bonchev–Trinajstić information content (AvgIpc) is 2.06. The molecule has 0 aliphatic heterocycles. The second kappa shape index (κ2) is 4.35. The Labute approximate surface area is 103 Å². The Morgan fingerprint density at radius 2 is 1.47 bits per heavy atom. The molecule has 0 atom stereocenters. The third-order valence-electron chi connectivity index (χ3n) is 2.52. The minimum Gasteiger partial charge on any atom is -0.0827 e. The summed E-state index contributed by atoms with van der Waals surface area (Å²) in [6.07, 6.45) is 0. The first-order valence-electron chi connectivity index (χ1n) is 5.23. The third kappa shape index (κ3) is 2.89. The van der Waals surface area contributed by atoms with Gasteiger partial charge in [-0.1, -0.05) is 57.8 Å². The molecular formula is C13H18Cl2. The summed E-state index contributed by atoms with van der Waals surface area (Å²) >= 11 is 12.1. The SMILES string of the molecule is CC(C)c1cc(Cl)c(Cl)cc1C(C)(C)C. The zero-order chi connectivity index (χ0) is 11.8. The first-order valence-corrected chi connectivity index (χ1v) is 5.98. The molecule has 0 unspecified atom stereocenters. The lowest BCUT2D eigenvalue weighted by Gasteiger charge is -2.25. The molecule has 1 aromatic carbocycles. The number of benzene rings is 1. The van der Waals surface area contributed by atoms with Crippen LogP contribution in [0.2, 0.25) is 10.0 Å². The van der Waals surface area contributed by atoms with E-state index in [4.69, 9.17) is 23.2 Å². The summed E-state index contributed by atoms with van der Waals surface area (Å²) in [5.41, 5.74) is 2.68. The number of rotatable bonds is 1. The smallest absolute Gasteiger partial charge is 0.0595 e. The zero-order valence-corrected chi connectivity index (χ0v) is 11.5. The van der Waals surface area contributed by atoms with Gasteiger partial charge in [0.05, 0.1) is 10.0 Å². The van der Waals surface area contributed by atoms with Gasteiger partial charge in [0, 0.05) is 0 Å². The summed E-state index contributed by atoms with van der Waals surface area (Å²) in [6.45, 7) is 10.9. The molecule has 0 radical (unpaired) electrons. The normalized spacial score (nSPS) is 12.3. The maximum absolute atomic E-state index is 6.06. The fraction of sp³-hybridized carbons (Fsp3) is 0.538. The summed E-state index contributed by atoms with van der Waals surface area (Å²) in [7, 11) is 0. The molecule has 0 bridgehead atoms. The van der Waals surface area contributed by atoms with Gasteiger partial charge in [0.15, 0.2) is 0 Å². The van der Waals surface area contributed by atoms with Crippen molar-refractivity contribution in [3.8, 4) is 0 Å². The standard InChI is InChI=1S/C13H18Cl2/c1-8(2)9-6-11(14)12(15)7-10(9)13(3,4)5/h6-8H,1-5H3. The summed E-state index contributed by atoms with van der Waals surface area (Å²) in [6, 6.07) is 3.99. The maximum Gasteiger partial charge on any atom is 0.0595 e. The Hall–Kier alpha value is -0.200. The Kier molecular flexibility index (Phi) is 3.73. The molecule has 0 spiro atoms. The van der Waals surface area contributed by atoms with Gasteiger partial charge in [-0.25, -0.2) is 0 Å². The van der Waals surface area contributed by atoms with Crippen LogP contribution in [0, 0.1) is 0 Å². The Balaban J connectivity index is 3.42. The molecule has 84 valence electrons. The zero-order valence-electron chi connectivity index (χ0n) is 9.99. The molecule has 0 saturated heterocycles. The van der Waals surface area contributed by atoms with Crippen molar-refractivity contribution in [2.24, 2.45) is 0 Å². The van der Waals surface area contributed by atoms with E-state index in [0.717, 1.165) is 0 Å². The van der Waals surface area contributed by atoms with Gasteiger partial charge in [0.25, 0.3) is 0 Å². The topological polar surface area (TPSA) is 0 Å². The fourth-order valence-electron chi connectivity index (χ4n) is 1.69. The minimum absolute atomic E-state index is 0.105. The lowest BCUT2D eigenvalue weighted by atomic mass is 9.81. The molecule has 0 aromatic heterocycles. The molecule has 15 heavy (non-hydrogen) atoms. The van der Waals surface area contributed by atoms with E-state index in [1.807, 2.05) is 12.1 Å². The van der Waals surface area contributed by atoms with Crippen LogP contribution in [-0.2, 0) is 5.41 Å². The van der Waals surface area contributed by atoms with Gasteiger partial charge in [-0.3, -0.25) is 0 Å². The van der Waals surface area contributed by atoms with E-state index >= 15 is 0 Å². The highest BCUT2D eigenvalue weighted by Crippen LogP contribution is 2.36. The van der Waals surface area contributed by atoms with E-state index in [1.165, 1.54) is 11.1 Å². The van der Waals surface area contributed by atoms with Crippen LogP contribution in [0.5, 0.6) is 0 Å². The van der Waals surface area contributed by atoms with Crippen LogP contribution in [-0.4, -0.2) is 0 Å². The van der Waals surface area contributed by atoms with E-state index in [-0.39, 0.29) is 5.41 Å². The first kappa shape index (κ1) is 12.9. The Bertz CT molecular complexity index is 360. The predicted molar refractivity (Wildman–Crippen MR) is 69.3 cm³/mol. The maximum atomic E-state index is 6.06. The van der Waals surface area contributed by atoms with Crippen molar-refractivity contribution < 1.29 is 0 Å². The van der Waals surface area contributed by atoms with Gasteiger partial charge in [-0.2, -0.15) is 0 Å². The van der Waals surface area contributed by atoms with Crippen molar-refractivity contribution in [2.45, 2.75) is 46.0 Å². The van der Waals surface area contributed by atoms with Crippen LogP contribution in [0.1, 0.15) is 51.7 Å². The van der Waals surface area contributed by atoms with Crippen molar-refractivity contribution in [2.75, 3.05) is 0 Å². The molecule has 1 aromatic rings. The van der Waals surface area contributed by atoms with Gasteiger partial charge in [0.1, 0.15) is 0 Å². The summed E-state index contributed by atoms with van der Waals surface area (Å²) < 4.78 is 0. The van der Waals surface area contributed by atoms with Gasteiger partial charge in [-0.05, 0) is 34.6 Å². The Morgan fingerprint density at radius 3 is 1.87 bits per heavy atom. The average molecular weight is 245 g/mol. The molecule has 0 aliphatic rings. The monoisotopic (exact) mass is 244 g/mol. The van der Waals surface area contributed by atoms with Crippen LogP contribution < -0.4 is 0 Å². The highest BCUT2D eigenvalue weighted by atomic mass is 35.5. The van der Waals surface area contributed by atoms with E-state index in [0.29, 0.717) is 16.0 Å². The quantitative estimate of drug-likeness (QED) is 0.620. The van der Waals surface area contributed by atoms with Crippen molar-refractivity contribution in [3.05, 3.63) is 33.3 Å². The second-order valence-corrected chi connectivity index (χ2v) is 6.07. The van der Waals surface area contributed by atoms with E-state index in [1.54, 1.807) is 0 Å². The van der Waals surface area contributed by atoms with Gasteiger partial charge < -0.3 is 0 Å². The van der Waals surface area contributed by atoms with Crippen molar-refractivity contribution in [1.29, 1.82) is 0 Å². The van der Waals surface area contributed by atoms with Crippen molar-refractivity contribution in [1.82, 2.24) is 0 Å². The number of halogens is 2. The van der Waals surface area contributed by atoms with Crippen LogP contribution in [0.3, 0.4) is 0 Å². The van der Waals surface area contributed by atoms with Crippen LogP contribution >= 0.6 is 23.2 Å². The van der Waals surface area contributed by atoms with E-state index in [9.17, 15) is 0 Å². The van der Waals surface area contributed by atoms with Crippen LogP contribution in [0.4, 0.5) is 0 Å². The minimum atomic E-state index is 0.105. The van der Waals surface area contributed by atoms with Crippen molar-refractivity contribution in [3.63, 3.8) is 0 Å². The first-order chi connectivity index (χ1) is 6.73. The summed E-state index contributed by atoms with van der Waals surface area (Å²) in [4.78, 5) is 0. The molecular weight excluding hydrogens is 227 g/mol. The third-order valence-corrected chi connectivity index (χ3v) is 3.24. The molecule has 2 heteroatoms. The Morgan fingerprint density at radius 1 is 1.00 bits per heavy atom. The highest BCUT2D eigenvalue weighted by molar-refractivity contribution is 6.42. The predicted octanol–water partition coefficient (Wildman–Crippen LogP) is 5.41. The van der Waals surface area contributed by atoms with Crippen LogP contribution in [0.25, 0.3) is 0 Å². The fourth-order valence-corrected chi connectivity index (χ4v) is 2.03. The summed E-state index contributed by atoms with van der Waals surface area (Å²) in [5.74, 6) is 0.467. The van der Waals surface area contributed by atoms with Crippen LogP contribution in [0.15, 0.2) is 12.1 Å². The summed E-state index contributed by atoms with van der Waals surface area (Å²) in [5, 5.41) is 1.29. The van der Waals surface area contributed by atoms with Crippen molar-refractivity contribution >= 4 is 23.2 Å². The molecule has 0 aliphatic carbocycles. The number of hydrogen-bond acceptors (Lipinski definition) is 0. The van der Waals surface area contributed by atoms with Gasteiger partial charge in [0.2, 0.25) is 0 Å². The largest absolute Gasteiger partial charge is 0.0827 e. The second-order valence-electron chi connectivity index (χ2n) is 5.26. The number of hydrogen-bond donors (Lipinski definition) is 0. The molecule has 0 heterocycles. The molecule has 0 N–H and O–H groups in total. The van der Waals surface area contributed by atoms with E-state index in [2.05, 4.69) is 34.6 Å². The lowest BCUT2D eigenvalue weighted by Crippen LogP contribution is -2.15. The molecule has 0 fully saturated rings. The van der Waals surface area contributed by atoms with Gasteiger partial charge in [-0.15, -0.1) is 0 Å².